The van der Waals surface area contributed by atoms with Gasteiger partial charge in [-0.2, -0.15) is 5.10 Å². The number of nitrogens with two attached hydrogens (primary N) is 1. The van der Waals surface area contributed by atoms with Crippen molar-refractivity contribution in [2.75, 3.05) is 33.2 Å². The minimum absolute atomic E-state index is 0.258. The van der Waals surface area contributed by atoms with Crippen LogP contribution in [0.5, 0.6) is 0 Å². The Kier molecular flexibility index (Phi) is 8.71. The first-order valence-corrected chi connectivity index (χ1v) is 9.12. The number of piperazine rings is 1. The lowest BCUT2D eigenvalue weighted by atomic mass is 10.2. The highest BCUT2D eigenvalue weighted by Gasteiger charge is 2.25. The zero-order valence-electron chi connectivity index (χ0n) is 16.3. The molecule has 3 N–H and O–H groups in total. The summed E-state index contributed by atoms with van der Waals surface area (Å²) in [5, 5.41) is 3.84. The number of alkyl halides is 1. The van der Waals surface area contributed by atoms with Crippen molar-refractivity contribution in [2.45, 2.75) is 45.2 Å². The molecular weight excluding hydrogens is 356 g/mol. The van der Waals surface area contributed by atoms with E-state index in [1.165, 1.54) is 0 Å². The van der Waals surface area contributed by atoms with Crippen LogP contribution < -0.4 is 11.2 Å². The van der Waals surface area contributed by atoms with Crippen LogP contribution in [0.1, 0.15) is 34.1 Å². The van der Waals surface area contributed by atoms with Gasteiger partial charge in [0.05, 0.1) is 0 Å². The molecule has 0 aromatic rings. The van der Waals surface area contributed by atoms with Crippen molar-refractivity contribution in [1.29, 1.82) is 0 Å². The summed E-state index contributed by atoms with van der Waals surface area (Å²) in [7, 11) is 1.67. The fraction of sp³-hybridized carbons (Fsp3) is 0.706. The van der Waals surface area contributed by atoms with Gasteiger partial charge in [0.15, 0.2) is 0 Å². The minimum atomic E-state index is -0.472. The Labute approximate surface area is 161 Å². The van der Waals surface area contributed by atoms with Gasteiger partial charge in [0.2, 0.25) is 0 Å². The number of allylic oxidation sites excluding steroid dienone is 2. The molecular formula is C17H31ClN6O2. The molecule has 8 nitrogen and oxygen atoms in total. The number of hydrazone groups is 1. The van der Waals surface area contributed by atoms with E-state index in [0.717, 1.165) is 18.8 Å². The van der Waals surface area contributed by atoms with Crippen LogP contribution in [0.25, 0.3) is 0 Å². The number of amidine groups is 1. The smallest absolute Gasteiger partial charge is 0.410 e. The highest BCUT2D eigenvalue weighted by Crippen LogP contribution is 2.14. The van der Waals surface area contributed by atoms with Crippen LogP contribution in [0.2, 0.25) is 0 Å². The predicted octanol–water partition coefficient (Wildman–Crippen LogP) is 1.96. The number of amides is 1. The topological polar surface area (TPSA) is 95.5 Å². The van der Waals surface area contributed by atoms with Crippen molar-refractivity contribution in [3.8, 4) is 0 Å². The van der Waals surface area contributed by atoms with Crippen LogP contribution in [0.15, 0.2) is 21.9 Å². The zero-order chi connectivity index (χ0) is 19.7. The minimum Gasteiger partial charge on any atom is -0.444 e. The maximum absolute atomic E-state index is 12.1. The molecule has 0 aromatic carbocycles. The van der Waals surface area contributed by atoms with Crippen LogP contribution in [0.4, 0.5) is 4.79 Å². The van der Waals surface area contributed by atoms with E-state index >= 15 is 0 Å². The first-order chi connectivity index (χ1) is 12.1. The van der Waals surface area contributed by atoms with Crippen molar-refractivity contribution >= 4 is 29.7 Å². The lowest BCUT2D eigenvalue weighted by molar-refractivity contribution is 0.0169. The first kappa shape index (κ1) is 22.1. The van der Waals surface area contributed by atoms with Crippen LogP contribution in [-0.4, -0.2) is 72.3 Å². The largest absolute Gasteiger partial charge is 0.444 e. The highest BCUT2D eigenvalue weighted by molar-refractivity contribution is 6.22. The highest BCUT2D eigenvalue weighted by atomic mass is 35.5. The molecule has 1 fully saturated rings. The molecule has 0 bridgehead atoms. The summed E-state index contributed by atoms with van der Waals surface area (Å²) in [6, 6.07) is 0. The van der Waals surface area contributed by atoms with Gasteiger partial charge < -0.3 is 25.7 Å². The van der Waals surface area contributed by atoms with Crippen molar-refractivity contribution in [1.82, 2.24) is 15.2 Å². The zero-order valence-corrected chi connectivity index (χ0v) is 17.1. The van der Waals surface area contributed by atoms with Crippen molar-refractivity contribution in [2.24, 2.45) is 15.8 Å². The number of aliphatic imine (C=N–C) groups is 1. The monoisotopic (exact) mass is 386 g/mol. The Hall–Kier alpha value is -1.96. The summed E-state index contributed by atoms with van der Waals surface area (Å²) < 4.78 is 5.41. The van der Waals surface area contributed by atoms with E-state index in [1.807, 2.05) is 33.8 Å². The summed E-state index contributed by atoms with van der Waals surface area (Å²) in [4.78, 5) is 20.3. The second-order valence-corrected chi connectivity index (χ2v) is 7.53. The molecule has 1 amide bonds. The van der Waals surface area contributed by atoms with Gasteiger partial charge in [-0.1, -0.05) is 11.6 Å². The van der Waals surface area contributed by atoms with Crippen molar-refractivity contribution < 1.29 is 9.53 Å². The summed E-state index contributed by atoms with van der Waals surface area (Å²) in [5.41, 5.74) is 8.42. The van der Waals surface area contributed by atoms with E-state index < -0.39 is 11.1 Å². The van der Waals surface area contributed by atoms with Gasteiger partial charge in [-0.3, -0.25) is 4.99 Å². The van der Waals surface area contributed by atoms with E-state index in [9.17, 15) is 4.79 Å². The Balaban J connectivity index is 2.46. The average Bonchev–Trinajstić information content (AvgIpc) is 2.53. The molecule has 0 spiro atoms. The Morgan fingerprint density at radius 1 is 1.31 bits per heavy atom. The van der Waals surface area contributed by atoms with E-state index in [1.54, 1.807) is 18.2 Å². The number of hydrogen-bond acceptors (Lipinski definition) is 6. The summed E-state index contributed by atoms with van der Waals surface area (Å²) in [5.74, 6) is 0.406. The molecule has 1 atom stereocenters. The number of hydrogen-bond donors (Lipinski definition) is 2. The summed E-state index contributed by atoms with van der Waals surface area (Å²) in [6.45, 7) is 10.4. The SMILES string of the molecule is CN/N=C(/N)CC(Cl)/N=C\C=C(/C)N1CCN(C(=O)OC(C)(C)C)CC1. The molecule has 148 valence electrons. The number of halogens is 1. The predicted molar refractivity (Wildman–Crippen MR) is 107 cm³/mol. The molecule has 1 saturated heterocycles. The van der Waals surface area contributed by atoms with Crippen molar-refractivity contribution in [3.63, 3.8) is 0 Å². The van der Waals surface area contributed by atoms with Crippen LogP contribution >= 0.6 is 11.6 Å². The molecule has 1 unspecified atom stereocenters. The number of nitrogens with zero attached hydrogens (tertiary/aromatic N) is 4. The molecule has 1 rings (SSSR count). The molecule has 0 aliphatic carbocycles. The molecule has 1 heterocycles. The molecule has 9 heteroatoms. The van der Waals surface area contributed by atoms with Gasteiger partial charge in [0.25, 0.3) is 0 Å². The molecule has 0 aromatic heterocycles. The van der Waals surface area contributed by atoms with Gasteiger partial charge in [0, 0.05) is 51.6 Å². The fourth-order valence-corrected chi connectivity index (χ4v) is 2.56. The van der Waals surface area contributed by atoms with E-state index in [0.29, 0.717) is 25.3 Å². The van der Waals surface area contributed by atoms with E-state index in [-0.39, 0.29) is 6.09 Å². The second-order valence-electron chi connectivity index (χ2n) is 7.03. The molecule has 1 aliphatic rings. The lowest BCUT2D eigenvalue weighted by Gasteiger charge is -2.37. The summed E-state index contributed by atoms with van der Waals surface area (Å²) in [6.07, 6.45) is 3.70. The lowest BCUT2D eigenvalue weighted by Crippen LogP contribution is -2.49. The van der Waals surface area contributed by atoms with Gasteiger partial charge in [-0.25, -0.2) is 4.79 Å². The quantitative estimate of drug-likeness (QED) is 0.239. The Bertz CT molecular complexity index is 548. The third-order valence-electron chi connectivity index (χ3n) is 3.63. The summed E-state index contributed by atoms with van der Waals surface area (Å²) >= 11 is 6.10. The Morgan fingerprint density at radius 2 is 1.88 bits per heavy atom. The fourth-order valence-electron chi connectivity index (χ4n) is 2.33. The van der Waals surface area contributed by atoms with Gasteiger partial charge in [-0.05, 0) is 33.8 Å². The first-order valence-electron chi connectivity index (χ1n) is 8.68. The maximum atomic E-state index is 12.1. The average molecular weight is 387 g/mol. The number of ether oxygens (including phenoxy) is 1. The molecule has 0 saturated carbocycles. The van der Waals surface area contributed by atoms with Crippen LogP contribution in [0, 0.1) is 0 Å². The number of nitrogens with one attached hydrogen (secondary N) is 1. The van der Waals surface area contributed by atoms with Gasteiger partial charge >= 0.3 is 6.09 Å². The van der Waals surface area contributed by atoms with E-state index in [4.69, 9.17) is 22.1 Å². The molecule has 1 aliphatic heterocycles. The molecule has 26 heavy (non-hydrogen) atoms. The second kappa shape index (κ2) is 10.3. The van der Waals surface area contributed by atoms with Crippen molar-refractivity contribution in [3.05, 3.63) is 11.8 Å². The third-order valence-corrected chi connectivity index (χ3v) is 3.89. The molecule has 0 radical (unpaired) electrons. The maximum Gasteiger partial charge on any atom is 0.410 e. The number of carbonyl (C=O) groups excluding carboxylic acids is 1. The van der Waals surface area contributed by atoms with Crippen LogP contribution in [0.3, 0.4) is 0 Å². The van der Waals surface area contributed by atoms with E-state index in [2.05, 4.69) is 20.4 Å². The van der Waals surface area contributed by atoms with Crippen LogP contribution in [-0.2, 0) is 4.74 Å². The van der Waals surface area contributed by atoms with Gasteiger partial charge in [0.1, 0.15) is 16.9 Å². The normalized spacial score (nSPS) is 18.2. The standard InChI is InChI=1S/C17H31ClN6O2/c1-13(6-7-21-14(18)12-15(19)22-20-5)23-8-10-24(11-9-23)16(25)26-17(2,3)4/h6-7,14,20H,8-12H2,1-5H3,(H2,19,22)/b13-6+,21-7-. The third kappa shape index (κ3) is 8.42. The number of carbonyl (C=O) groups is 1. The Morgan fingerprint density at radius 3 is 2.42 bits per heavy atom. The van der Waals surface area contributed by atoms with Gasteiger partial charge in [-0.15, -0.1) is 0 Å². The number of rotatable bonds is 6.